The second-order valence-corrected chi connectivity index (χ2v) is 12.0. The summed E-state index contributed by atoms with van der Waals surface area (Å²) in [7, 11) is -2.85. The van der Waals surface area contributed by atoms with Crippen molar-refractivity contribution < 1.29 is 37.7 Å². The van der Waals surface area contributed by atoms with Crippen molar-refractivity contribution in [1.29, 1.82) is 0 Å². The minimum absolute atomic E-state index is 0.131. The van der Waals surface area contributed by atoms with Gasteiger partial charge in [0.05, 0.1) is 44.7 Å². The van der Waals surface area contributed by atoms with Gasteiger partial charge < -0.3 is 33.7 Å². The van der Waals surface area contributed by atoms with E-state index in [1.165, 1.54) is 14.0 Å². The number of benzene rings is 3. The van der Waals surface area contributed by atoms with Crippen LogP contribution >= 0.6 is 7.60 Å². The number of carbonyl (C=O) groups is 1. The summed E-state index contributed by atoms with van der Waals surface area (Å²) in [5.74, 6) is -0.331. The van der Waals surface area contributed by atoms with E-state index >= 15 is 0 Å². The quantitative estimate of drug-likeness (QED) is 0.267. The van der Waals surface area contributed by atoms with Crippen LogP contribution < -0.4 is 5.32 Å². The van der Waals surface area contributed by atoms with Gasteiger partial charge in [0.25, 0.3) is 0 Å². The molecule has 10 heteroatoms. The lowest BCUT2D eigenvalue weighted by atomic mass is 9.92. The Morgan fingerprint density at radius 1 is 0.805 bits per heavy atom. The molecule has 0 bridgehead atoms. The molecule has 41 heavy (non-hydrogen) atoms. The van der Waals surface area contributed by atoms with Crippen LogP contribution in [0.1, 0.15) is 23.6 Å². The standard InChI is InChI=1S/C31H38NO8P/c1-23(33)32-29-28(22-41(34,35)36-2)40-27(21-37-18-24-12-6-3-7-13-24)30(38-19-25-14-8-4-9-15-25)31(29)39-20-26-16-10-5-11-17-26/h3-17,27-31H,18-22H2,1-2H3,(H,32,33)(H,34,35)/t27?,28-,29?,30-,31?/m1/s1. The maximum atomic E-state index is 12.7. The molecule has 0 aliphatic carbocycles. The van der Waals surface area contributed by atoms with Gasteiger partial charge in [-0.05, 0) is 16.7 Å². The van der Waals surface area contributed by atoms with E-state index in [1.807, 2.05) is 91.0 Å². The molecular formula is C31H38NO8P. The predicted octanol–water partition coefficient (Wildman–Crippen LogP) is 4.48. The van der Waals surface area contributed by atoms with Gasteiger partial charge >= 0.3 is 7.60 Å². The molecule has 3 aromatic rings. The highest BCUT2D eigenvalue weighted by molar-refractivity contribution is 7.52. The Labute approximate surface area is 241 Å². The second kappa shape index (κ2) is 15.4. The Hall–Kier alpha value is -2.88. The molecule has 6 atom stereocenters. The molecule has 4 rings (SSSR count). The number of carbonyl (C=O) groups excluding carboxylic acids is 1. The lowest BCUT2D eigenvalue weighted by Gasteiger charge is -2.46. The minimum atomic E-state index is -4.02. The third-order valence-corrected chi connectivity index (χ3v) is 8.22. The monoisotopic (exact) mass is 583 g/mol. The number of hydrogen-bond donors (Lipinski definition) is 2. The van der Waals surface area contributed by atoms with Crippen LogP contribution in [0.2, 0.25) is 0 Å². The minimum Gasteiger partial charge on any atom is -0.374 e. The van der Waals surface area contributed by atoms with Crippen molar-refractivity contribution in [2.45, 2.75) is 57.2 Å². The maximum Gasteiger partial charge on any atom is 0.330 e. The van der Waals surface area contributed by atoms with Crippen molar-refractivity contribution in [1.82, 2.24) is 5.32 Å². The summed E-state index contributed by atoms with van der Waals surface area (Å²) < 4.78 is 43.0. The van der Waals surface area contributed by atoms with Crippen LogP contribution in [0.3, 0.4) is 0 Å². The van der Waals surface area contributed by atoms with Crippen molar-refractivity contribution in [2.75, 3.05) is 19.9 Å². The highest BCUT2D eigenvalue weighted by Gasteiger charge is 2.49. The molecule has 1 aliphatic heterocycles. The predicted molar refractivity (Wildman–Crippen MR) is 154 cm³/mol. The molecule has 1 aliphatic rings. The van der Waals surface area contributed by atoms with Crippen molar-refractivity contribution >= 4 is 13.5 Å². The number of rotatable bonds is 14. The molecule has 1 heterocycles. The van der Waals surface area contributed by atoms with E-state index in [9.17, 15) is 14.3 Å². The molecule has 9 nitrogen and oxygen atoms in total. The van der Waals surface area contributed by atoms with Crippen LogP contribution in [0.25, 0.3) is 0 Å². The van der Waals surface area contributed by atoms with Crippen LogP contribution in [0.5, 0.6) is 0 Å². The topological polar surface area (TPSA) is 113 Å². The first kappa shape index (κ1) is 31.1. The first-order chi connectivity index (χ1) is 19.8. The van der Waals surface area contributed by atoms with E-state index in [2.05, 4.69) is 5.32 Å². The third-order valence-electron chi connectivity index (χ3n) is 6.82. The fourth-order valence-electron chi connectivity index (χ4n) is 4.82. The molecule has 4 unspecified atom stereocenters. The molecule has 3 aromatic carbocycles. The Bertz CT molecular complexity index is 1250. The summed E-state index contributed by atoms with van der Waals surface area (Å²) in [5.41, 5.74) is 2.88. The molecule has 1 fully saturated rings. The zero-order valence-electron chi connectivity index (χ0n) is 23.3. The fraction of sp³-hybridized carbons (Fsp3) is 0.387. The Balaban J connectivity index is 1.64. The normalized spacial score (nSPS) is 23.9. The van der Waals surface area contributed by atoms with Gasteiger partial charge in [0.1, 0.15) is 18.3 Å². The van der Waals surface area contributed by atoms with Crippen LogP contribution in [-0.4, -0.2) is 61.1 Å². The van der Waals surface area contributed by atoms with Gasteiger partial charge in [-0.25, -0.2) is 0 Å². The summed E-state index contributed by atoms with van der Waals surface area (Å²) in [6, 6.07) is 28.3. The first-order valence-corrected chi connectivity index (χ1v) is 15.3. The molecule has 0 aromatic heterocycles. The van der Waals surface area contributed by atoms with Crippen molar-refractivity contribution in [3.63, 3.8) is 0 Å². The largest absolute Gasteiger partial charge is 0.374 e. The number of ether oxygens (including phenoxy) is 4. The van der Waals surface area contributed by atoms with Crippen molar-refractivity contribution in [3.8, 4) is 0 Å². The fourth-order valence-corrected chi connectivity index (χ4v) is 5.73. The van der Waals surface area contributed by atoms with Gasteiger partial charge in [-0.15, -0.1) is 0 Å². The lowest BCUT2D eigenvalue weighted by Crippen LogP contribution is -2.66. The highest BCUT2D eigenvalue weighted by atomic mass is 31.2. The molecule has 1 amide bonds. The summed E-state index contributed by atoms with van der Waals surface area (Å²) in [6.45, 7) is 2.36. The summed E-state index contributed by atoms with van der Waals surface area (Å²) in [6.07, 6.45) is -3.33. The zero-order chi connectivity index (χ0) is 29.1. The van der Waals surface area contributed by atoms with Gasteiger partial charge in [-0.1, -0.05) is 91.0 Å². The van der Waals surface area contributed by atoms with Crippen molar-refractivity contribution in [2.24, 2.45) is 0 Å². The number of hydrogen-bond acceptors (Lipinski definition) is 7. The van der Waals surface area contributed by atoms with E-state index in [-0.39, 0.29) is 31.9 Å². The van der Waals surface area contributed by atoms with Gasteiger partial charge in [-0.2, -0.15) is 0 Å². The molecule has 1 saturated heterocycles. The van der Waals surface area contributed by atoms with Crippen LogP contribution in [0.4, 0.5) is 0 Å². The molecule has 0 saturated carbocycles. The van der Waals surface area contributed by atoms with E-state index in [0.717, 1.165) is 16.7 Å². The molecular weight excluding hydrogens is 545 g/mol. The van der Waals surface area contributed by atoms with Gasteiger partial charge in [0.2, 0.25) is 5.91 Å². The van der Waals surface area contributed by atoms with Gasteiger partial charge in [-0.3, -0.25) is 9.36 Å². The smallest absolute Gasteiger partial charge is 0.330 e. The average Bonchev–Trinajstić information content (AvgIpc) is 2.98. The van der Waals surface area contributed by atoms with E-state index in [1.54, 1.807) is 0 Å². The lowest BCUT2D eigenvalue weighted by molar-refractivity contribution is -0.228. The Morgan fingerprint density at radius 2 is 1.29 bits per heavy atom. The average molecular weight is 584 g/mol. The maximum absolute atomic E-state index is 12.7. The SMILES string of the molecule is COP(=O)(O)C[C@H]1OC(COCc2ccccc2)[C@@H](OCc2ccccc2)C(OCc2ccccc2)C1NC(C)=O. The first-order valence-electron chi connectivity index (χ1n) is 13.6. The highest BCUT2D eigenvalue weighted by Crippen LogP contribution is 2.44. The number of nitrogens with one attached hydrogen (secondary N) is 1. The molecule has 0 spiro atoms. The summed E-state index contributed by atoms with van der Waals surface area (Å²) >= 11 is 0. The van der Waals surface area contributed by atoms with Crippen LogP contribution in [0.15, 0.2) is 91.0 Å². The van der Waals surface area contributed by atoms with Gasteiger partial charge in [0, 0.05) is 14.0 Å². The van der Waals surface area contributed by atoms with E-state index in [0.29, 0.717) is 6.61 Å². The van der Waals surface area contributed by atoms with Gasteiger partial charge in [0.15, 0.2) is 0 Å². The molecule has 0 radical (unpaired) electrons. The Morgan fingerprint density at radius 3 is 1.78 bits per heavy atom. The molecule has 2 N–H and O–H groups in total. The molecule has 220 valence electrons. The van der Waals surface area contributed by atoms with E-state index in [4.69, 9.17) is 23.5 Å². The van der Waals surface area contributed by atoms with Crippen LogP contribution in [0, 0.1) is 0 Å². The number of amides is 1. The summed E-state index contributed by atoms with van der Waals surface area (Å²) in [5, 5.41) is 2.90. The third kappa shape index (κ3) is 9.58. The second-order valence-electron chi connectivity index (χ2n) is 9.97. The van der Waals surface area contributed by atoms with Crippen LogP contribution in [-0.2, 0) is 52.7 Å². The Kier molecular flexibility index (Phi) is 11.7. The van der Waals surface area contributed by atoms with E-state index < -0.39 is 38.1 Å². The van der Waals surface area contributed by atoms with Crippen molar-refractivity contribution in [3.05, 3.63) is 108 Å². The zero-order valence-corrected chi connectivity index (χ0v) is 24.2. The summed E-state index contributed by atoms with van der Waals surface area (Å²) in [4.78, 5) is 22.7.